The van der Waals surface area contributed by atoms with E-state index in [1.165, 1.54) is 16.7 Å². The normalized spacial score (nSPS) is 16.4. The van der Waals surface area contributed by atoms with Crippen molar-refractivity contribution in [3.63, 3.8) is 0 Å². The van der Waals surface area contributed by atoms with Crippen LogP contribution in [-0.2, 0) is 11.2 Å². The lowest BCUT2D eigenvalue weighted by molar-refractivity contribution is -0.124. The molecule has 3 heteroatoms. The molecule has 3 N–H and O–H groups in total. The summed E-state index contributed by atoms with van der Waals surface area (Å²) in [4.78, 5) is 12.1. The van der Waals surface area contributed by atoms with Crippen molar-refractivity contribution in [2.75, 3.05) is 6.54 Å². The predicted molar refractivity (Wildman–Crippen MR) is 73.3 cm³/mol. The smallest absolute Gasteiger partial charge is 0.224 e. The van der Waals surface area contributed by atoms with Crippen molar-refractivity contribution in [2.24, 2.45) is 11.7 Å². The first-order valence-corrected chi connectivity index (χ1v) is 6.67. The highest BCUT2D eigenvalue weighted by Crippen LogP contribution is 2.21. The number of aryl methyl sites for hydroxylation is 2. The van der Waals surface area contributed by atoms with E-state index in [1.807, 2.05) is 0 Å². The summed E-state index contributed by atoms with van der Waals surface area (Å²) in [5.41, 5.74) is 9.51. The first-order valence-electron chi connectivity index (χ1n) is 6.67. The molecule has 1 atom stereocenters. The minimum absolute atomic E-state index is 0.106. The van der Waals surface area contributed by atoms with Gasteiger partial charge in [-0.3, -0.25) is 4.79 Å². The molecule has 1 amide bonds. The molecule has 0 saturated heterocycles. The van der Waals surface area contributed by atoms with Crippen molar-refractivity contribution >= 4 is 5.91 Å². The van der Waals surface area contributed by atoms with Crippen LogP contribution in [0.25, 0.3) is 0 Å². The van der Waals surface area contributed by atoms with Gasteiger partial charge in [0.1, 0.15) is 0 Å². The maximum Gasteiger partial charge on any atom is 0.224 e. The Morgan fingerprint density at radius 1 is 1.39 bits per heavy atom. The van der Waals surface area contributed by atoms with Crippen molar-refractivity contribution in [1.29, 1.82) is 0 Å². The molecule has 0 bridgehead atoms. The lowest BCUT2D eigenvalue weighted by atomic mass is 9.92. The largest absolute Gasteiger partial charge is 0.353 e. The molecule has 2 rings (SSSR count). The molecule has 1 aliphatic carbocycles. The minimum atomic E-state index is -0.106. The van der Waals surface area contributed by atoms with Crippen LogP contribution in [0.15, 0.2) is 18.2 Å². The second kappa shape index (κ2) is 5.53. The molecule has 98 valence electrons. The number of benzene rings is 1. The number of nitrogens with one attached hydrogen (secondary N) is 1. The van der Waals surface area contributed by atoms with Crippen LogP contribution >= 0.6 is 0 Å². The highest BCUT2D eigenvalue weighted by atomic mass is 16.2. The van der Waals surface area contributed by atoms with E-state index >= 15 is 0 Å². The van der Waals surface area contributed by atoms with Gasteiger partial charge >= 0.3 is 0 Å². The van der Waals surface area contributed by atoms with E-state index in [4.69, 9.17) is 5.73 Å². The van der Waals surface area contributed by atoms with Crippen molar-refractivity contribution < 1.29 is 4.79 Å². The molecule has 0 radical (unpaired) electrons. The molecule has 0 heterocycles. The molecule has 0 aromatic heterocycles. The van der Waals surface area contributed by atoms with Gasteiger partial charge in [0.15, 0.2) is 0 Å². The summed E-state index contributed by atoms with van der Waals surface area (Å²) < 4.78 is 0. The maximum absolute atomic E-state index is 12.1. The van der Waals surface area contributed by atoms with Crippen LogP contribution in [0.3, 0.4) is 0 Å². The first-order chi connectivity index (χ1) is 8.61. The molecule has 1 fully saturated rings. The molecule has 1 aliphatic rings. The summed E-state index contributed by atoms with van der Waals surface area (Å²) in [7, 11) is 0. The van der Waals surface area contributed by atoms with E-state index in [-0.39, 0.29) is 11.8 Å². The van der Waals surface area contributed by atoms with Crippen LogP contribution in [-0.4, -0.2) is 18.5 Å². The van der Waals surface area contributed by atoms with Gasteiger partial charge < -0.3 is 11.1 Å². The Morgan fingerprint density at radius 3 is 2.50 bits per heavy atom. The van der Waals surface area contributed by atoms with Crippen molar-refractivity contribution in [1.82, 2.24) is 5.32 Å². The quantitative estimate of drug-likeness (QED) is 0.831. The van der Waals surface area contributed by atoms with E-state index in [2.05, 4.69) is 37.4 Å². The van der Waals surface area contributed by atoms with Crippen LogP contribution in [0.5, 0.6) is 0 Å². The van der Waals surface area contributed by atoms with Gasteiger partial charge in [-0.1, -0.05) is 18.2 Å². The monoisotopic (exact) mass is 246 g/mol. The summed E-state index contributed by atoms with van der Waals surface area (Å²) in [6.07, 6.45) is 2.98. The average Bonchev–Trinajstić information content (AvgIpc) is 3.12. The third-order valence-corrected chi connectivity index (χ3v) is 3.67. The average molecular weight is 246 g/mol. The summed E-state index contributed by atoms with van der Waals surface area (Å²) in [6.45, 7) is 4.59. The van der Waals surface area contributed by atoms with E-state index < -0.39 is 0 Å². The Kier molecular flexibility index (Phi) is 4.02. The van der Waals surface area contributed by atoms with E-state index in [1.54, 1.807) is 0 Å². The van der Waals surface area contributed by atoms with Crippen molar-refractivity contribution in [3.05, 3.63) is 34.9 Å². The van der Waals surface area contributed by atoms with Crippen molar-refractivity contribution in [3.8, 4) is 0 Å². The number of rotatable bonds is 5. The van der Waals surface area contributed by atoms with Crippen LogP contribution in [0.4, 0.5) is 0 Å². The first kappa shape index (κ1) is 13.1. The van der Waals surface area contributed by atoms with Gasteiger partial charge in [-0.15, -0.1) is 0 Å². The Bertz CT molecular complexity index is 418. The number of hydrogen-bond acceptors (Lipinski definition) is 2. The third-order valence-electron chi connectivity index (χ3n) is 3.67. The van der Waals surface area contributed by atoms with Gasteiger partial charge in [0.2, 0.25) is 5.91 Å². The maximum atomic E-state index is 12.1. The highest BCUT2D eigenvalue weighted by molar-refractivity contribution is 5.80. The second-order valence-corrected chi connectivity index (χ2v) is 5.29. The van der Waals surface area contributed by atoms with Crippen LogP contribution in [0, 0.1) is 19.8 Å². The molecule has 0 spiro atoms. The molecule has 1 unspecified atom stereocenters. The summed E-state index contributed by atoms with van der Waals surface area (Å²) in [5.74, 6) is 0.00746. The summed E-state index contributed by atoms with van der Waals surface area (Å²) in [5, 5.41) is 3.05. The van der Waals surface area contributed by atoms with Gasteiger partial charge in [0.25, 0.3) is 0 Å². The second-order valence-electron chi connectivity index (χ2n) is 5.29. The van der Waals surface area contributed by atoms with Crippen molar-refractivity contribution in [2.45, 2.75) is 39.2 Å². The van der Waals surface area contributed by atoms with E-state index in [0.29, 0.717) is 12.6 Å². The molecule has 3 nitrogen and oxygen atoms in total. The molecule has 1 aromatic rings. The van der Waals surface area contributed by atoms with Crippen LogP contribution < -0.4 is 11.1 Å². The Balaban J connectivity index is 2.06. The Morgan fingerprint density at radius 2 is 2.00 bits per heavy atom. The van der Waals surface area contributed by atoms with E-state index in [9.17, 15) is 4.79 Å². The summed E-state index contributed by atoms with van der Waals surface area (Å²) >= 11 is 0. The third kappa shape index (κ3) is 3.10. The molecule has 18 heavy (non-hydrogen) atoms. The van der Waals surface area contributed by atoms with E-state index in [0.717, 1.165) is 19.3 Å². The predicted octanol–water partition coefficient (Wildman–Crippen LogP) is 1.70. The topological polar surface area (TPSA) is 55.1 Å². The molecule has 1 aromatic carbocycles. The Labute approximate surface area is 109 Å². The lowest BCUT2D eigenvalue weighted by Crippen LogP contribution is -2.37. The summed E-state index contributed by atoms with van der Waals surface area (Å²) in [6, 6.07) is 6.64. The van der Waals surface area contributed by atoms with Gasteiger partial charge in [-0.2, -0.15) is 0 Å². The zero-order chi connectivity index (χ0) is 13.1. The molecular formula is C15H22N2O. The van der Waals surface area contributed by atoms with Gasteiger partial charge in [-0.05, 0) is 49.8 Å². The fourth-order valence-corrected chi connectivity index (χ4v) is 2.25. The zero-order valence-electron chi connectivity index (χ0n) is 11.2. The minimum Gasteiger partial charge on any atom is -0.353 e. The number of nitrogens with two attached hydrogens (primary N) is 1. The lowest BCUT2D eigenvalue weighted by Gasteiger charge is -2.17. The molecule has 1 saturated carbocycles. The standard InChI is InChI=1S/C15H22N2O/c1-10-4-3-5-11(2)14(10)8-12(9-16)15(18)17-13-6-7-13/h3-5,12-13H,6-9,16H2,1-2H3,(H,17,18). The van der Waals surface area contributed by atoms with Gasteiger partial charge in [0, 0.05) is 12.6 Å². The zero-order valence-corrected chi connectivity index (χ0v) is 11.2. The fourth-order valence-electron chi connectivity index (χ4n) is 2.25. The number of hydrogen-bond donors (Lipinski definition) is 2. The van der Waals surface area contributed by atoms with Crippen LogP contribution in [0.1, 0.15) is 29.5 Å². The van der Waals surface area contributed by atoms with Gasteiger partial charge in [-0.25, -0.2) is 0 Å². The number of carbonyl (C=O) groups excluding carboxylic acids is 1. The SMILES string of the molecule is Cc1cccc(C)c1CC(CN)C(=O)NC1CC1. The molecular weight excluding hydrogens is 224 g/mol. The van der Waals surface area contributed by atoms with Gasteiger partial charge in [0.05, 0.1) is 5.92 Å². The Hall–Kier alpha value is -1.35. The fraction of sp³-hybridized carbons (Fsp3) is 0.533. The van der Waals surface area contributed by atoms with Crippen LogP contribution in [0.2, 0.25) is 0 Å². The highest BCUT2D eigenvalue weighted by Gasteiger charge is 2.27. The number of carbonyl (C=O) groups is 1. The number of amides is 1. The molecule has 0 aliphatic heterocycles.